The first-order valence-electron chi connectivity index (χ1n) is 13.6. The first-order chi connectivity index (χ1) is 19.9. The average Bonchev–Trinajstić information content (AvgIpc) is 2.93. The number of anilines is 2. The summed E-state index contributed by atoms with van der Waals surface area (Å²) in [7, 11) is 0. The summed E-state index contributed by atoms with van der Waals surface area (Å²) in [5.41, 5.74) is 1.79. The van der Waals surface area contributed by atoms with Gasteiger partial charge >= 0.3 is 12.3 Å². The van der Waals surface area contributed by atoms with E-state index >= 15 is 0 Å². The minimum absolute atomic E-state index is 0.283. The lowest BCUT2D eigenvalue weighted by Crippen LogP contribution is -2.27. The second-order valence-electron chi connectivity index (χ2n) is 10.8. The van der Waals surface area contributed by atoms with Gasteiger partial charge in [-0.3, -0.25) is 10.1 Å². The van der Waals surface area contributed by atoms with Crippen LogP contribution in [-0.2, 0) is 22.1 Å². The van der Waals surface area contributed by atoms with Gasteiger partial charge in [-0.15, -0.1) is 0 Å². The molecule has 0 aliphatic heterocycles. The number of nitrogens with zero attached hydrogens (tertiary/aromatic N) is 2. The van der Waals surface area contributed by atoms with E-state index in [4.69, 9.17) is 9.47 Å². The smallest absolute Gasteiger partial charge is 0.416 e. The number of halogens is 3. The number of rotatable bonds is 8. The molecule has 0 unspecified atom stereocenters. The summed E-state index contributed by atoms with van der Waals surface area (Å²) in [5.74, 6) is 0.430. The van der Waals surface area contributed by atoms with E-state index in [9.17, 15) is 22.8 Å². The van der Waals surface area contributed by atoms with Gasteiger partial charge in [0, 0.05) is 23.8 Å². The second kappa shape index (κ2) is 13.1. The topological polar surface area (TPSA) is 102 Å². The van der Waals surface area contributed by atoms with Gasteiger partial charge in [-0.05, 0) is 87.9 Å². The Morgan fingerprint density at radius 2 is 1.67 bits per heavy atom. The van der Waals surface area contributed by atoms with Gasteiger partial charge in [-0.2, -0.15) is 13.2 Å². The monoisotopic (exact) mass is 582 g/mol. The predicted octanol–water partition coefficient (Wildman–Crippen LogP) is 7.43. The van der Waals surface area contributed by atoms with Gasteiger partial charge in [-0.1, -0.05) is 18.2 Å². The highest BCUT2D eigenvalue weighted by molar-refractivity contribution is 6.09. The number of pyridine rings is 2. The van der Waals surface area contributed by atoms with Crippen LogP contribution in [0.25, 0.3) is 5.57 Å². The van der Waals surface area contributed by atoms with Crippen LogP contribution < -0.4 is 15.4 Å². The van der Waals surface area contributed by atoms with Crippen LogP contribution in [0.15, 0.2) is 66.4 Å². The van der Waals surface area contributed by atoms with E-state index in [1.54, 1.807) is 45.0 Å². The van der Waals surface area contributed by atoms with E-state index < -0.39 is 23.4 Å². The summed E-state index contributed by atoms with van der Waals surface area (Å²) >= 11 is 0. The van der Waals surface area contributed by atoms with Gasteiger partial charge in [0.1, 0.15) is 11.4 Å². The zero-order chi connectivity index (χ0) is 30.3. The maximum Gasteiger partial charge on any atom is 0.416 e. The Morgan fingerprint density at radius 3 is 2.33 bits per heavy atom. The highest BCUT2D eigenvalue weighted by Crippen LogP contribution is 2.35. The second-order valence-corrected chi connectivity index (χ2v) is 10.8. The molecule has 2 amide bonds. The van der Waals surface area contributed by atoms with Crippen LogP contribution in [0.2, 0.25) is 0 Å². The Balaban J connectivity index is 1.32. The van der Waals surface area contributed by atoms with Crippen molar-refractivity contribution in [2.75, 3.05) is 17.2 Å². The number of amides is 2. The maximum atomic E-state index is 13.1. The number of ether oxygens (including phenoxy) is 2. The zero-order valence-electron chi connectivity index (χ0n) is 23.7. The number of carbonyl (C=O) groups excluding carboxylic acids is 2. The van der Waals surface area contributed by atoms with Gasteiger partial charge in [-0.25, -0.2) is 14.8 Å². The molecule has 0 bridgehead atoms. The van der Waals surface area contributed by atoms with Gasteiger partial charge in [0.05, 0.1) is 24.1 Å². The summed E-state index contributed by atoms with van der Waals surface area (Å²) < 4.78 is 49.9. The largest absolute Gasteiger partial charge is 0.477 e. The van der Waals surface area contributed by atoms with Crippen molar-refractivity contribution in [2.24, 2.45) is 0 Å². The normalized spacial score (nSPS) is 13.9. The van der Waals surface area contributed by atoms with Gasteiger partial charge in [0.15, 0.2) is 0 Å². The molecule has 2 heterocycles. The molecule has 0 atom stereocenters. The fourth-order valence-corrected chi connectivity index (χ4v) is 4.44. The minimum atomic E-state index is -4.41. The van der Waals surface area contributed by atoms with Crippen LogP contribution in [0.5, 0.6) is 5.88 Å². The summed E-state index contributed by atoms with van der Waals surface area (Å²) in [5, 5.41) is 5.45. The Labute approximate surface area is 242 Å². The van der Waals surface area contributed by atoms with Crippen molar-refractivity contribution in [3.8, 4) is 5.88 Å². The van der Waals surface area contributed by atoms with Crippen molar-refractivity contribution in [1.29, 1.82) is 0 Å². The summed E-state index contributed by atoms with van der Waals surface area (Å²) in [4.78, 5) is 33.7. The van der Waals surface area contributed by atoms with Crippen molar-refractivity contribution >= 4 is 29.1 Å². The van der Waals surface area contributed by atoms with E-state index in [-0.39, 0.29) is 12.5 Å². The van der Waals surface area contributed by atoms with Crippen molar-refractivity contribution in [3.63, 3.8) is 0 Å². The first kappa shape index (κ1) is 30.5. The summed E-state index contributed by atoms with van der Waals surface area (Å²) in [6, 6.07) is 13.5. The number of allylic oxidation sites excluding steroid dienone is 1. The molecular formula is C31H33F3N4O4. The summed E-state index contributed by atoms with van der Waals surface area (Å²) in [6.07, 6.45) is -0.204. The molecule has 1 aliphatic carbocycles. The van der Waals surface area contributed by atoms with Crippen molar-refractivity contribution < 1.29 is 32.2 Å². The molecule has 1 aromatic carbocycles. The molecule has 0 fully saturated rings. The van der Waals surface area contributed by atoms with Gasteiger partial charge in [0.25, 0.3) is 5.91 Å². The molecule has 4 rings (SSSR count). The third-order valence-corrected chi connectivity index (χ3v) is 6.34. The lowest BCUT2D eigenvalue weighted by molar-refractivity contribution is -0.137. The van der Waals surface area contributed by atoms with Crippen molar-refractivity contribution in [1.82, 2.24) is 9.97 Å². The van der Waals surface area contributed by atoms with Crippen molar-refractivity contribution in [3.05, 3.63) is 83.2 Å². The first-order valence-corrected chi connectivity index (χ1v) is 13.6. The molecule has 8 nitrogen and oxygen atoms in total. The molecule has 3 aromatic rings. The Kier molecular flexibility index (Phi) is 9.49. The average molecular weight is 583 g/mol. The highest BCUT2D eigenvalue weighted by atomic mass is 19.4. The SMILES string of the molecule is CC(C)(C)OC(=O)Nc1cccc(CCOc2ccc(NC(=O)C3=C(c4ccc(C(F)(F)F)cc4)CCCC3)cn2)n1. The van der Waals surface area contributed by atoms with Crippen molar-refractivity contribution in [2.45, 2.75) is 64.7 Å². The molecule has 0 radical (unpaired) electrons. The molecule has 1 aliphatic rings. The fraction of sp³-hybridized carbons (Fsp3) is 0.355. The number of hydrogen-bond donors (Lipinski definition) is 2. The Bertz CT molecular complexity index is 1430. The molecule has 42 heavy (non-hydrogen) atoms. The quantitative estimate of drug-likeness (QED) is 0.286. The minimum Gasteiger partial charge on any atom is -0.477 e. The fourth-order valence-electron chi connectivity index (χ4n) is 4.44. The van der Waals surface area contributed by atoms with Crippen LogP contribution in [-0.4, -0.2) is 34.2 Å². The molecule has 11 heteroatoms. The third kappa shape index (κ3) is 8.79. The number of alkyl halides is 3. The Hall–Kier alpha value is -4.41. The molecular weight excluding hydrogens is 549 g/mol. The van der Waals surface area contributed by atoms with E-state index in [1.807, 2.05) is 6.07 Å². The molecule has 0 saturated carbocycles. The summed E-state index contributed by atoms with van der Waals surface area (Å²) in [6.45, 7) is 5.61. The number of nitrogens with one attached hydrogen (secondary N) is 2. The van der Waals surface area contributed by atoms with Gasteiger partial charge in [0.2, 0.25) is 5.88 Å². The molecule has 2 N–H and O–H groups in total. The van der Waals surface area contributed by atoms with Crippen LogP contribution >= 0.6 is 0 Å². The molecule has 222 valence electrons. The van der Waals surface area contributed by atoms with E-state index in [1.165, 1.54) is 18.3 Å². The Morgan fingerprint density at radius 1 is 0.929 bits per heavy atom. The van der Waals surface area contributed by atoms with Gasteiger partial charge < -0.3 is 14.8 Å². The maximum absolute atomic E-state index is 13.1. The van der Waals surface area contributed by atoms with Crippen LogP contribution in [0.3, 0.4) is 0 Å². The van der Waals surface area contributed by atoms with Crippen LogP contribution in [0.4, 0.5) is 29.5 Å². The predicted molar refractivity (Wildman–Crippen MR) is 153 cm³/mol. The van der Waals surface area contributed by atoms with E-state index in [2.05, 4.69) is 20.6 Å². The third-order valence-electron chi connectivity index (χ3n) is 6.34. The van der Waals surface area contributed by atoms with E-state index in [0.717, 1.165) is 30.5 Å². The molecule has 0 saturated heterocycles. The lowest BCUT2D eigenvalue weighted by atomic mass is 9.86. The highest BCUT2D eigenvalue weighted by Gasteiger charge is 2.30. The number of aromatic nitrogens is 2. The number of carbonyl (C=O) groups is 2. The van der Waals surface area contributed by atoms with Crippen LogP contribution in [0, 0.1) is 0 Å². The zero-order valence-corrected chi connectivity index (χ0v) is 23.7. The standard InChI is InChI=1S/C31H33F3N4O4/c1-30(2,3)42-29(40)38-26-10-6-7-22(36-26)17-18-41-27-16-15-23(19-35-27)37-28(39)25-9-5-4-8-24(25)20-11-13-21(14-12-20)31(32,33)34/h6-7,10-16,19H,4-5,8-9,17-18H2,1-3H3,(H,37,39)(H,36,38,40). The number of hydrogen-bond acceptors (Lipinski definition) is 6. The molecule has 0 spiro atoms. The number of benzene rings is 1. The lowest BCUT2D eigenvalue weighted by Gasteiger charge is -2.21. The van der Waals surface area contributed by atoms with E-state index in [0.29, 0.717) is 53.5 Å². The van der Waals surface area contributed by atoms with Crippen LogP contribution in [0.1, 0.15) is 63.3 Å². The molecule has 2 aromatic heterocycles.